The molecule has 0 saturated carbocycles. The molecule has 1 aromatic rings. The van der Waals surface area contributed by atoms with Crippen LogP contribution >= 0.6 is 0 Å². The van der Waals surface area contributed by atoms with E-state index in [1.54, 1.807) is 13.8 Å². The van der Waals surface area contributed by atoms with Gasteiger partial charge >= 0.3 is 11.4 Å². The van der Waals surface area contributed by atoms with Crippen LogP contribution in [0.4, 0.5) is 11.4 Å². The van der Waals surface area contributed by atoms with E-state index in [9.17, 15) is 20.2 Å². The Labute approximate surface area is 116 Å². The van der Waals surface area contributed by atoms with E-state index in [1.165, 1.54) is 12.1 Å². The summed E-state index contributed by atoms with van der Waals surface area (Å²) in [4.78, 5) is 21.4. The molecule has 0 fully saturated rings. The summed E-state index contributed by atoms with van der Waals surface area (Å²) in [6, 6.07) is 2.77. The van der Waals surface area contributed by atoms with Crippen molar-refractivity contribution >= 4 is 11.4 Å². The fourth-order valence-corrected chi connectivity index (χ4v) is 1.67. The minimum Gasteiger partial charge on any atom is -0.479 e. The lowest BCUT2D eigenvalue weighted by molar-refractivity contribution is -0.730. The second kappa shape index (κ2) is 5.44. The van der Waals surface area contributed by atoms with Crippen LogP contribution in [0.2, 0.25) is 0 Å². The van der Waals surface area contributed by atoms with Crippen molar-refractivity contribution in [2.75, 3.05) is 0 Å². The van der Waals surface area contributed by atoms with Crippen molar-refractivity contribution in [2.24, 2.45) is 0 Å². The molecule has 1 aromatic carbocycles. The second-order valence-electron chi connectivity index (χ2n) is 5.79. The van der Waals surface area contributed by atoms with Gasteiger partial charge in [-0.2, -0.15) is 0 Å². The lowest BCUT2D eigenvalue weighted by Gasteiger charge is -2.19. The summed E-state index contributed by atoms with van der Waals surface area (Å²) in [6.07, 6.45) is -0.368. The summed E-state index contributed by atoms with van der Waals surface area (Å²) in [7, 11) is 0. The Balaban J connectivity index is 3.63. The van der Waals surface area contributed by atoms with Crippen molar-refractivity contribution in [3.8, 4) is 5.75 Å². The number of rotatable bonds is 4. The summed E-state index contributed by atoms with van der Waals surface area (Å²) in [5.41, 5.74) is -0.453. The molecule has 0 unspecified atom stereocenters. The van der Waals surface area contributed by atoms with Gasteiger partial charge in [0.2, 0.25) is 0 Å². The predicted molar refractivity (Wildman–Crippen MR) is 72.6 cm³/mol. The molecule has 0 amide bonds. The molecule has 0 aliphatic carbocycles. The van der Waals surface area contributed by atoms with Crippen LogP contribution in [-0.2, 0) is 5.41 Å². The van der Waals surface area contributed by atoms with Crippen LogP contribution in [-0.4, -0.2) is 21.2 Å². The molecule has 0 heterocycles. The molecule has 1 N–H and O–H groups in total. The van der Waals surface area contributed by atoms with Gasteiger partial charge < -0.3 is 4.74 Å². The van der Waals surface area contributed by atoms with Gasteiger partial charge in [0, 0.05) is 12.1 Å². The average molecular weight is 283 g/mol. The Kier molecular flexibility index (Phi) is 4.32. The number of benzene rings is 1. The van der Waals surface area contributed by atoms with Crippen molar-refractivity contribution < 1.29 is 19.8 Å². The number of nitro groups is 1. The number of hydrogen-bond acceptors (Lipinski definition) is 4. The molecule has 7 heteroatoms. The summed E-state index contributed by atoms with van der Waals surface area (Å²) in [5, 5.41) is 20.4. The van der Waals surface area contributed by atoms with E-state index < -0.39 is 15.3 Å². The van der Waals surface area contributed by atoms with E-state index in [0.29, 0.717) is 5.56 Å². The Bertz CT molecular complexity index is 511. The summed E-state index contributed by atoms with van der Waals surface area (Å²) < 4.78 is 5.32. The van der Waals surface area contributed by atoms with Gasteiger partial charge in [0.15, 0.2) is 0 Å². The van der Waals surface area contributed by atoms with E-state index in [-0.39, 0.29) is 23.2 Å². The first-order valence-electron chi connectivity index (χ1n) is 6.19. The molecule has 0 atom stereocenters. The third-order valence-electron chi connectivity index (χ3n) is 2.67. The molecular weight excluding hydrogens is 264 g/mol. The third kappa shape index (κ3) is 3.43. The van der Waals surface area contributed by atoms with E-state index in [0.717, 1.165) is 0 Å². The summed E-state index contributed by atoms with van der Waals surface area (Å²) in [6.45, 7) is 8.91. The average Bonchev–Trinajstić information content (AvgIpc) is 2.25. The Morgan fingerprint density at radius 1 is 1.20 bits per heavy atom. The molecule has 0 aromatic heterocycles. The van der Waals surface area contributed by atoms with Crippen LogP contribution in [0.15, 0.2) is 12.1 Å². The number of nitrogens with zero attached hydrogens (tertiary/aromatic N) is 2. The van der Waals surface area contributed by atoms with Gasteiger partial charge in [0.25, 0.3) is 10.7 Å². The fourth-order valence-electron chi connectivity index (χ4n) is 1.67. The minimum atomic E-state index is -0.625. The highest BCUT2D eigenvalue weighted by Crippen LogP contribution is 2.41. The van der Waals surface area contributed by atoms with Crippen LogP contribution in [0.5, 0.6) is 5.75 Å². The Morgan fingerprint density at radius 3 is 2.05 bits per heavy atom. The zero-order valence-electron chi connectivity index (χ0n) is 12.2. The third-order valence-corrected chi connectivity index (χ3v) is 2.67. The summed E-state index contributed by atoms with van der Waals surface area (Å²) >= 11 is 0. The molecule has 110 valence electrons. The van der Waals surface area contributed by atoms with E-state index in [2.05, 4.69) is 0 Å². The maximum absolute atomic E-state index is 11.3. The topological polar surface area (TPSA) is 92.7 Å². The number of nitro benzene ring substituents is 1. The minimum absolute atomic E-state index is 0.226. The quantitative estimate of drug-likeness (QED) is 0.674. The maximum Gasteiger partial charge on any atom is 0.365 e. The van der Waals surface area contributed by atoms with Crippen LogP contribution in [0.25, 0.3) is 0 Å². The molecule has 0 aliphatic rings. The monoisotopic (exact) mass is 283 g/mol. The second-order valence-corrected chi connectivity index (χ2v) is 5.79. The molecule has 0 spiro atoms. The first-order valence-corrected chi connectivity index (χ1v) is 6.19. The van der Waals surface area contributed by atoms with Crippen LogP contribution in [0.1, 0.15) is 40.2 Å². The molecule has 0 radical (unpaired) electrons. The van der Waals surface area contributed by atoms with Crippen molar-refractivity contribution in [3.63, 3.8) is 0 Å². The zero-order chi connectivity index (χ0) is 15.7. The fraction of sp³-hybridized carbons (Fsp3) is 0.538. The normalized spacial score (nSPS) is 11.5. The van der Waals surface area contributed by atoms with Crippen LogP contribution in [0.3, 0.4) is 0 Å². The highest BCUT2D eigenvalue weighted by Gasteiger charge is 2.34. The lowest BCUT2D eigenvalue weighted by atomic mass is 9.86. The predicted octanol–water partition coefficient (Wildman–Crippen LogP) is 3.48. The van der Waals surface area contributed by atoms with E-state index >= 15 is 0 Å². The Morgan fingerprint density at radius 2 is 1.70 bits per heavy atom. The molecular formula is C13H19N2O5+. The SMILES string of the molecule is CC(C)Oc1c([N+](=O)[O-])cc(C(C)(C)C)cc1[N+](=O)O. The van der Waals surface area contributed by atoms with Gasteiger partial charge in [-0.05, 0) is 24.8 Å². The number of hydrogen-bond donors (Lipinski definition) is 1. The highest BCUT2D eigenvalue weighted by molar-refractivity contribution is 5.62. The molecule has 0 saturated heterocycles. The molecule has 0 aliphatic heterocycles. The first-order chi connectivity index (χ1) is 9.04. The molecule has 0 bridgehead atoms. The molecule has 20 heavy (non-hydrogen) atoms. The van der Waals surface area contributed by atoms with Gasteiger partial charge in [-0.3, -0.25) is 10.1 Å². The van der Waals surface area contributed by atoms with Crippen molar-refractivity contribution in [1.29, 1.82) is 0 Å². The van der Waals surface area contributed by atoms with Gasteiger partial charge in [-0.25, -0.2) is 5.21 Å². The standard InChI is InChI=1S/C13H19N2O5/c1-8(2)20-12-10(14(16)17)6-9(13(3,4)5)7-11(12)15(18)19/h6-8H,1-5H3,(H,16,17)/q+1. The van der Waals surface area contributed by atoms with Crippen LogP contribution in [0, 0.1) is 15.0 Å². The van der Waals surface area contributed by atoms with Crippen molar-refractivity contribution in [3.05, 3.63) is 32.7 Å². The van der Waals surface area contributed by atoms with E-state index in [4.69, 9.17) is 4.74 Å². The summed E-state index contributed by atoms with van der Waals surface area (Å²) in [5.74, 6) is -0.226. The maximum atomic E-state index is 11.3. The van der Waals surface area contributed by atoms with Crippen LogP contribution < -0.4 is 4.74 Å². The number of ether oxygens (including phenoxy) is 1. The first kappa shape index (κ1) is 15.9. The van der Waals surface area contributed by atoms with Crippen molar-refractivity contribution in [2.45, 2.75) is 46.1 Å². The molecule has 7 nitrogen and oxygen atoms in total. The lowest BCUT2D eigenvalue weighted by Crippen LogP contribution is -2.15. The zero-order valence-corrected chi connectivity index (χ0v) is 12.2. The van der Waals surface area contributed by atoms with Gasteiger partial charge in [0.1, 0.15) is 0 Å². The molecule has 1 rings (SSSR count). The largest absolute Gasteiger partial charge is 0.479 e. The Hall–Kier alpha value is -2.18. The highest BCUT2D eigenvalue weighted by atomic mass is 16.6. The van der Waals surface area contributed by atoms with Gasteiger partial charge in [-0.1, -0.05) is 20.8 Å². The smallest absolute Gasteiger partial charge is 0.365 e. The van der Waals surface area contributed by atoms with Gasteiger partial charge in [-0.15, -0.1) is 0 Å². The van der Waals surface area contributed by atoms with Gasteiger partial charge in [0.05, 0.1) is 15.9 Å². The van der Waals surface area contributed by atoms with Crippen molar-refractivity contribution in [1.82, 2.24) is 0 Å². The van der Waals surface area contributed by atoms with E-state index in [1.807, 2.05) is 20.8 Å².